The van der Waals surface area contributed by atoms with Crippen molar-refractivity contribution in [3.8, 4) is 0 Å². The molecule has 5 heteroatoms. The van der Waals surface area contributed by atoms with Crippen LogP contribution in [0.1, 0.15) is 26.3 Å². The van der Waals surface area contributed by atoms with Crippen molar-refractivity contribution in [3.63, 3.8) is 0 Å². The summed E-state index contributed by atoms with van der Waals surface area (Å²) in [5, 5.41) is 0.958. The Balaban J connectivity index is 2.99. The first kappa shape index (κ1) is 17.0. The molecule has 0 aromatic heterocycles. The smallest absolute Gasteiger partial charge is 0.316 e. The molecule has 0 fully saturated rings. The molecule has 0 spiro atoms. The predicted octanol–water partition coefficient (Wildman–Crippen LogP) is 3.94. The third kappa shape index (κ3) is 4.80. The van der Waals surface area contributed by atoms with Crippen LogP contribution in [0.3, 0.4) is 0 Å². The largest absolute Gasteiger partial charge is 0.465 e. The van der Waals surface area contributed by atoms with E-state index in [0.29, 0.717) is 10.0 Å². The highest BCUT2D eigenvalue weighted by Crippen LogP contribution is 2.23. The van der Waals surface area contributed by atoms with Gasteiger partial charge in [-0.25, -0.2) is 0 Å². The van der Waals surface area contributed by atoms with Gasteiger partial charge >= 0.3 is 5.97 Å². The fourth-order valence-electron chi connectivity index (χ4n) is 1.91. The highest BCUT2D eigenvalue weighted by molar-refractivity contribution is 6.34. The number of benzene rings is 1. The van der Waals surface area contributed by atoms with Crippen LogP contribution in [0.4, 0.5) is 0 Å². The van der Waals surface area contributed by atoms with Crippen molar-refractivity contribution in [1.29, 1.82) is 0 Å². The summed E-state index contributed by atoms with van der Waals surface area (Å²) in [5.74, 6) is -1.69. The van der Waals surface area contributed by atoms with Crippen LogP contribution in [0.15, 0.2) is 18.2 Å². The van der Waals surface area contributed by atoms with Crippen molar-refractivity contribution < 1.29 is 14.3 Å². The Hall–Kier alpha value is -1.06. The van der Waals surface area contributed by atoms with Gasteiger partial charge in [-0.05, 0) is 37.1 Å². The van der Waals surface area contributed by atoms with Gasteiger partial charge in [0.1, 0.15) is 11.7 Å². The average molecular weight is 317 g/mol. The molecule has 3 nitrogen and oxygen atoms in total. The second-order valence-corrected chi connectivity index (χ2v) is 5.72. The molecule has 0 bridgehead atoms. The maximum atomic E-state index is 12.2. The van der Waals surface area contributed by atoms with E-state index < -0.39 is 11.9 Å². The van der Waals surface area contributed by atoms with Gasteiger partial charge in [-0.1, -0.05) is 37.0 Å². The maximum Gasteiger partial charge on any atom is 0.316 e. The molecule has 0 radical (unpaired) electrons. The lowest BCUT2D eigenvalue weighted by atomic mass is 9.89. The molecule has 1 aromatic rings. The maximum absolute atomic E-state index is 12.2. The molecule has 0 amide bonds. The predicted molar refractivity (Wildman–Crippen MR) is 80.1 cm³/mol. The van der Waals surface area contributed by atoms with Gasteiger partial charge < -0.3 is 4.74 Å². The molecular weight excluding hydrogens is 299 g/mol. The monoisotopic (exact) mass is 316 g/mol. The van der Waals surface area contributed by atoms with Crippen molar-refractivity contribution in [1.82, 2.24) is 0 Å². The summed E-state index contributed by atoms with van der Waals surface area (Å²) in [4.78, 5) is 24.1. The highest BCUT2D eigenvalue weighted by atomic mass is 35.5. The number of rotatable bonds is 6. The van der Waals surface area contributed by atoms with E-state index in [1.807, 2.05) is 0 Å². The third-order valence-corrected chi connectivity index (χ3v) is 3.28. The van der Waals surface area contributed by atoms with Crippen LogP contribution in [-0.4, -0.2) is 18.4 Å². The number of hydrogen-bond donors (Lipinski definition) is 0. The number of esters is 1. The molecule has 0 aliphatic heterocycles. The lowest BCUT2D eigenvalue weighted by Gasteiger charge is -2.17. The van der Waals surface area contributed by atoms with E-state index in [0.717, 1.165) is 5.56 Å². The first-order valence-electron chi connectivity index (χ1n) is 6.50. The van der Waals surface area contributed by atoms with E-state index in [2.05, 4.69) is 0 Å². The minimum Gasteiger partial charge on any atom is -0.465 e. The standard InChI is InChI=1S/C15H18Cl2O3/c1-4-20-15(19)13(14(18)9(2)3)7-10-5-11(16)8-12(17)6-10/h5-6,8-9,13H,4,7H2,1-3H3. The summed E-state index contributed by atoms with van der Waals surface area (Å²) in [6.45, 7) is 5.49. The average Bonchev–Trinajstić information content (AvgIpc) is 2.34. The number of hydrogen-bond acceptors (Lipinski definition) is 3. The Morgan fingerprint density at radius 3 is 2.15 bits per heavy atom. The van der Waals surface area contributed by atoms with Crippen LogP contribution in [0.25, 0.3) is 0 Å². The van der Waals surface area contributed by atoms with E-state index >= 15 is 0 Å². The summed E-state index contributed by atoms with van der Waals surface area (Å²) < 4.78 is 4.98. The summed E-state index contributed by atoms with van der Waals surface area (Å²) in [6, 6.07) is 5.01. The van der Waals surface area contributed by atoms with E-state index in [1.54, 1.807) is 39.0 Å². The van der Waals surface area contributed by atoms with Gasteiger partial charge in [0.2, 0.25) is 0 Å². The van der Waals surface area contributed by atoms with Crippen molar-refractivity contribution in [2.45, 2.75) is 27.2 Å². The second-order valence-electron chi connectivity index (χ2n) is 4.84. The topological polar surface area (TPSA) is 43.4 Å². The first-order valence-corrected chi connectivity index (χ1v) is 7.26. The molecule has 0 heterocycles. The number of ketones is 1. The third-order valence-electron chi connectivity index (χ3n) is 2.85. The minimum atomic E-state index is -0.815. The summed E-state index contributed by atoms with van der Waals surface area (Å²) in [7, 11) is 0. The normalized spacial score (nSPS) is 12.3. The SMILES string of the molecule is CCOC(=O)C(Cc1cc(Cl)cc(Cl)c1)C(=O)C(C)C. The Bertz CT molecular complexity index is 478. The van der Waals surface area contributed by atoms with Crippen molar-refractivity contribution >= 4 is 35.0 Å². The Labute approximate surface area is 129 Å². The van der Waals surface area contributed by atoms with Crippen molar-refractivity contribution in [2.24, 2.45) is 11.8 Å². The van der Waals surface area contributed by atoms with Gasteiger partial charge in [0.15, 0.2) is 0 Å². The van der Waals surface area contributed by atoms with Gasteiger partial charge in [0.05, 0.1) is 6.61 Å². The molecule has 0 N–H and O–H groups in total. The lowest BCUT2D eigenvalue weighted by molar-refractivity contribution is -0.152. The van der Waals surface area contributed by atoms with Crippen LogP contribution in [-0.2, 0) is 20.7 Å². The number of carbonyl (C=O) groups excluding carboxylic acids is 2. The summed E-state index contributed by atoms with van der Waals surface area (Å²) in [6.07, 6.45) is 0.246. The van der Waals surface area contributed by atoms with Crippen molar-refractivity contribution in [2.75, 3.05) is 6.61 Å². The van der Waals surface area contributed by atoms with Gasteiger partial charge in [0.25, 0.3) is 0 Å². The molecule has 1 aromatic carbocycles. The Morgan fingerprint density at radius 1 is 1.15 bits per heavy atom. The molecule has 0 aliphatic carbocycles. The number of ether oxygens (including phenoxy) is 1. The zero-order valence-corrected chi connectivity index (χ0v) is 13.3. The molecule has 1 unspecified atom stereocenters. The van der Waals surface area contributed by atoms with Crippen molar-refractivity contribution in [3.05, 3.63) is 33.8 Å². The molecule has 110 valence electrons. The second kappa shape index (κ2) is 7.65. The first-order chi connectivity index (χ1) is 9.35. The summed E-state index contributed by atoms with van der Waals surface area (Å²) >= 11 is 11.9. The molecular formula is C15H18Cl2O3. The van der Waals surface area contributed by atoms with Crippen LogP contribution in [0, 0.1) is 11.8 Å². The Kier molecular flexibility index (Phi) is 6.50. The molecule has 0 saturated carbocycles. The minimum absolute atomic E-state index is 0.139. The number of halogens is 2. The fourth-order valence-corrected chi connectivity index (χ4v) is 2.48. The van der Waals surface area contributed by atoms with Gasteiger partial charge in [-0.2, -0.15) is 0 Å². The van der Waals surface area contributed by atoms with Gasteiger partial charge in [-0.15, -0.1) is 0 Å². The lowest BCUT2D eigenvalue weighted by Crippen LogP contribution is -2.31. The van der Waals surface area contributed by atoms with E-state index in [9.17, 15) is 9.59 Å². The molecule has 1 atom stereocenters. The molecule has 0 aliphatic rings. The highest BCUT2D eigenvalue weighted by Gasteiger charge is 2.30. The zero-order valence-electron chi connectivity index (χ0n) is 11.8. The van der Waals surface area contributed by atoms with E-state index in [-0.39, 0.29) is 24.7 Å². The van der Waals surface area contributed by atoms with Gasteiger partial charge in [0, 0.05) is 16.0 Å². The molecule has 20 heavy (non-hydrogen) atoms. The zero-order chi connectivity index (χ0) is 15.3. The fraction of sp³-hybridized carbons (Fsp3) is 0.467. The number of carbonyl (C=O) groups is 2. The molecule has 0 saturated heterocycles. The summed E-state index contributed by atoms with van der Waals surface area (Å²) in [5.41, 5.74) is 0.745. The van der Waals surface area contributed by atoms with Crippen LogP contribution >= 0.6 is 23.2 Å². The Morgan fingerprint density at radius 2 is 1.70 bits per heavy atom. The van der Waals surface area contributed by atoms with Gasteiger partial charge in [-0.3, -0.25) is 9.59 Å². The van der Waals surface area contributed by atoms with Crippen LogP contribution in [0.2, 0.25) is 10.0 Å². The van der Waals surface area contributed by atoms with E-state index in [4.69, 9.17) is 27.9 Å². The number of Topliss-reactive ketones (excluding diaryl/α,β-unsaturated/α-hetero) is 1. The van der Waals surface area contributed by atoms with E-state index in [1.165, 1.54) is 0 Å². The van der Waals surface area contributed by atoms with Crippen LogP contribution < -0.4 is 0 Å². The van der Waals surface area contributed by atoms with Crippen LogP contribution in [0.5, 0.6) is 0 Å². The quantitative estimate of drug-likeness (QED) is 0.589. The molecule has 1 rings (SSSR count).